The zero-order chi connectivity index (χ0) is 19.8. The van der Waals surface area contributed by atoms with Crippen molar-refractivity contribution < 1.29 is 19.2 Å². The summed E-state index contributed by atoms with van der Waals surface area (Å²) in [7, 11) is 0. The highest BCUT2D eigenvalue weighted by atomic mass is 35.5. The Morgan fingerprint density at radius 1 is 1.19 bits per heavy atom. The van der Waals surface area contributed by atoms with Gasteiger partial charge in [-0.1, -0.05) is 41.4 Å². The molecule has 0 aliphatic heterocycles. The van der Waals surface area contributed by atoms with Gasteiger partial charge in [-0.15, -0.1) is 0 Å². The van der Waals surface area contributed by atoms with E-state index in [0.29, 0.717) is 12.8 Å². The molecule has 0 aliphatic carbocycles. The maximum Gasteiger partial charge on any atom is 0.338 e. The Balaban J connectivity index is 1.72. The number of carbonyl (C=O) groups is 2. The van der Waals surface area contributed by atoms with Crippen LogP contribution in [0.4, 0.5) is 5.69 Å². The average Bonchev–Trinajstić information content (AvgIpc) is 2.64. The van der Waals surface area contributed by atoms with Gasteiger partial charge in [0.25, 0.3) is 5.69 Å². The van der Waals surface area contributed by atoms with E-state index in [-0.39, 0.29) is 35.3 Å². The molecule has 2 rings (SSSR count). The van der Waals surface area contributed by atoms with E-state index >= 15 is 0 Å². The van der Waals surface area contributed by atoms with Crippen LogP contribution in [0.2, 0.25) is 5.02 Å². The van der Waals surface area contributed by atoms with E-state index in [9.17, 15) is 19.7 Å². The van der Waals surface area contributed by atoms with E-state index in [4.69, 9.17) is 16.3 Å². The van der Waals surface area contributed by atoms with Gasteiger partial charge in [-0.3, -0.25) is 14.9 Å². The summed E-state index contributed by atoms with van der Waals surface area (Å²) in [5.41, 5.74) is 1.90. The minimum absolute atomic E-state index is 0.0248. The largest absolute Gasteiger partial charge is 0.460 e. The lowest BCUT2D eigenvalue weighted by molar-refractivity contribution is -0.384. The number of ether oxygens (including phenoxy) is 1. The lowest BCUT2D eigenvalue weighted by Crippen LogP contribution is -2.28. The number of esters is 1. The van der Waals surface area contributed by atoms with Crippen LogP contribution in [0.15, 0.2) is 42.5 Å². The number of amides is 1. The minimum atomic E-state index is -0.719. The Labute approximate surface area is 161 Å². The molecule has 0 saturated carbocycles. The van der Waals surface area contributed by atoms with Crippen molar-refractivity contribution in [1.29, 1.82) is 0 Å². The number of nitro benzene ring substituents is 1. The first kappa shape index (κ1) is 20.4. The molecular weight excluding hydrogens is 372 g/mol. The van der Waals surface area contributed by atoms with Crippen molar-refractivity contribution >= 4 is 29.2 Å². The van der Waals surface area contributed by atoms with E-state index in [0.717, 1.165) is 17.2 Å². The van der Waals surface area contributed by atoms with Crippen molar-refractivity contribution in [2.45, 2.75) is 19.8 Å². The number of hydrogen-bond acceptors (Lipinski definition) is 5. The van der Waals surface area contributed by atoms with Crippen molar-refractivity contribution in [3.05, 3.63) is 74.3 Å². The summed E-state index contributed by atoms with van der Waals surface area (Å²) >= 11 is 5.70. The van der Waals surface area contributed by atoms with Gasteiger partial charge in [0.2, 0.25) is 5.91 Å². The van der Waals surface area contributed by atoms with Crippen LogP contribution in [-0.4, -0.2) is 30.0 Å². The molecular formula is C19H19ClN2O5. The number of nitrogens with one attached hydrogen (secondary N) is 1. The molecule has 0 spiro atoms. The van der Waals surface area contributed by atoms with Crippen molar-refractivity contribution in [2.24, 2.45) is 0 Å². The van der Waals surface area contributed by atoms with Crippen LogP contribution in [0.25, 0.3) is 0 Å². The Morgan fingerprint density at radius 3 is 2.56 bits per heavy atom. The van der Waals surface area contributed by atoms with E-state index in [1.165, 1.54) is 12.1 Å². The first-order valence-corrected chi connectivity index (χ1v) is 8.68. The quantitative estimate of drug-likeness (QED) is 0.322. The number of carbonyl (C=O) groups excluding carboxylic acids is 2. The maximum absolute atomic E-state index is 11.9. The molecule has 0 heterocycles. The number of aryl methyl sites for hydroxylation is 2. The second-order valence-corrected chi connectivity index (χ2v) is 6.30. The van der Waals surface area contributed by atoms with Crippen LogP contribution in [0.1, 0.15) is 27.9 Å². The van der Waals surface area contributed by atoms with E-state index < -0.39 is 10.9 Å². The summed E-state index contributed by atoms with van der Waals surface area (Å²) in [4.78, 5) is 33.9. The van der Waals surface area contributed by atoms with Gasteiger partial charge >= 0.3 is 5.97 Å². The molecule has 27 heavy (non-hydrogen) atoms. The minimum Gasteiger partial charge on any atom is -0.460 e. The number of hydrogen-bond donors (Lipinski definition) is 1. The molecule has 7 nitrogen and oxygen atoms in total. The van der Waals surface area contributed by atoms with Gasteiger partial charge in [0.15, 0.2) is 0 Å². The Morgan fingerprint density at radius 2 is 1.89 bits per heavy atom. The molecule has 0 unspecified atom stereocenters. The van der Waals surface area contributed by atoms with E-state index in [1.807, 2.05) is 31.2 Å². The first-order chi connectivity index (χ1) is 12.9. The van der Waals surface area contributed by atoms with Gasteiger partial charge < -0.3 is 10.1 Å². The molecule has 1 amide bonds. The highest BCUT2D eigenvalue weighted by Crippen LogP contribution is 2.25. The van der Waals surface area contributed by atoms with Crippen molar-refractivity contribution in [3.8, 4) is 0 Å². The van der Waals surface area contributed by atoms with Crippen LogP contribution >= 0.6 is 11.6 Å². The van der Waals surface area contributed by atoms with Gasteiger partial charge in [-0.25, -0.2) is 4.79 Å². The molecule has 0 atom stereocenters. The summed E-state index contributed by atoms with van der Waals surface area (Å²) in [5, 5.41) is 13.4. The fourth-order valence-corrected chi connectivity index (χ4v) is 2.48. The average molecular weight is 391 g/mol. The van der Waals surface area contributed by atoms with Crippen LogP contribution < -0.4 is 5.32 Å². The van der Waals surface area contributed by atoms with Gasteiger partial charge in [0, 0.05) is 12.5 Å². The molecule has 1 N–H and O–H groups in total. The molecule has 8 heteroatoms. The molecule has 0 bridgehead atoms. The van der Waals surface area contributed by atoms with Gasteiger partial charge in [0.1, 0.15) is 11.6 Å². The van der Waals surface area contributed by atoms with Crippen molar-refractivity contribution in [2.75, 3.05) is 13.2 Å². The number of rotatable bonds is 8. The number of halogens is 1. The second kappa shape index (κ2) is 9.68. The van der Waals surface area contributed by atoms with Crippen LogP contribution in [0.5, 0.6) is 0 Å². The normalized spacial score (nSPS) is 10.3. The zero-order valence-corrected chi connectivity index (χ0v) is 15.5. The summed E-state index contributed by atoms with van der Waals surface area (Å²) in [5.74, 6) is -0.863. The van der Waals surface area contributed by atoms with Crippen LogP contribution in [0, 0.1) is 17.0 Å². The smallest absolute Gasteiger partial charge is 0.338 e. The van der Waals surface area contributed by atoms with Crippen molar-refractivity contribution in [1.82, 2.24) is 5.32 Å². The number of nitro groups is 1. The number of benzene rings is 2. The third kappa shape index (κ3) is 6.38. The maximum atomic E-state index is 11.9. The molecule has 0 radical (unpaired) electrons. The van der Waals surface area contributed by atoms with Crippen LogP contribution in [-0.2, 0) is 16.0 Å². The molecule has 2 aromatic rings. The highest BCUT2D eigenvalue weighted by molar-refractivity contribution is 6.32. The predicted molar refractivity (Wildman–Crippen MR) is 101 cm³/mol. The van der Waals surface area contributed by atoms with E-state index in [2.05, 4.69) is 5.32 Å². The zero-order valence-electron chi connectivity index (χ0n) is 14.7. The van der Waals surface area contributed by atoms with Crippen LogP contribution in [0.3, 0.4) is 0 Å². The molecule has 0 fully saturated rings. The molecule has 0 aromatic heterocycles. The highest BCUT2D eigenvalue weighted by Gasteiger charge is 2.17. The number of nitrogens with zero attached hydrogens (tertiary/aromatic N) is 1. The summed E-state index contributed by atoms with van der Waals surface area (Å²) in [6, 6.07) is 11.6. The predicted octanol–water partition coefficient (Wildman–Crippen LogP) is 3.46. The summed E-state index contributed by atoms with van der Waals surface area (Å²) in [6.07, 6.45) is 0.959. The lowest BCUT2D eigenvalue weighted by atomic mass is 10.1. The molecule has 0 aliphatic rings. The fraction of sp³-hybridized carbons (Fsp3) is 0.263. The van der Waals surface area contributed by atoms with Gasteiger partial charge in [-0.05, 0) is 31.0 Å². The third-order valence-corrected chi connectivity index (χ3v) is 4.12. The topological polar surface area (TPSA) is 98.5 Å². The van der Waals surface area contributed by atoms with Gasteiger partial charge in [0.05, 0.1) is 17.0 Å². The SMILES string of the molecule is Cc1ccc(CCC(=O)NCCOC(=O)c2ccc(Cl)c([N+](=O)[O-])c2)cc1. The Kier molecular flexibility index (Phi) is 7.31. The third-order valence-electron chi connectivity index (χ3n) is 3.80. The Hall–Kier alpha value is -2.93. The molecule has 0 saturated heterocycles. The first-order valence-electron chi connectivity index (χ1n) is 8.30. The summed E-state index contributed by atoms with van der Waals surface area (Å²) in [6.45, 7) is 2.12. The Bertz CT molecular complexity index is 836. The van der Waals surface area contributed by atoms with Crippen molar-refractivity contribution in [3.63, 3.8) is 0 Å². The second-order valence-electron chi connectivity index (χ2n) is 5.89. The summed E-state index contributed by atoms with van der Waals surface area (Å²) < 4.78 is 5.01. The standard InChI is InChI=1S/C19H19ClN2O5/c1-13-2-4-14(5-3-13)6-9-18(23)21-10-11-27-19(24)15-7-8-16(20)17(12-15)22(25)26/h2-5,7-8,12H,6,9-11H2,1H3,(H,21,23). The molecule has 142 valence electrons. The molecule has 2 aromatic carbocycles. The monoisotopic (exact) mass is 390 g/mol. The van der Waals surface area contributed by atoms with Gasteiger partial charge in [-0.2, -0.15) is 0 Å². The lowest BCUT2D eigenvalue weighted by Gasteiger charge is -2.07. The van der Waals surface area contributed by atoms with E-state index in [1.54, 1.807) is 0 Å². The fourth-order valence-electron chi connectivity index (χ4n) is 2.30.